The zero-order valence-corrected chi connectivity index (χ0v) is 12.9. The van der Waals surface area contributed by atoms with Gasteiger partial charge in [-0.1, -0.05) is 18.9 Å². The van der Waals surface area contributed by atoms with Crippen molar-refractivity contribution in [1.29, 1.82) is 0 Å². The molecule has 0 radical (unpaired) electrons. The molecule has 1 saturated heterocycles. The van der Waals surface area contributed by atoms with Gasteiger partial charge in [0.2, 0.25) is 0 Å². The highest BCUT2D eigenvalue weighted by Crippen LogP contribution is 2.36. The maximum Gasteiger partial charge on any atom is 0.129 e. The number of rotatable bonds is 2. The number of halogens is 1. The third kappa shape index (κ3) is 2.97. The summed E-state index contributed by atoms with van der Waals surface area (Å²) in [7, 11) is 0. The molecule has 2 aliphatic rings. The SMILES string of the molecule is Oc1ccc(CN2CCC[C@H]3CCCC[C@H]32)cc1Br. The minimum Gasteiger partial charge on any atom is -0.507 e. The molecule has 0 unspecified atom stereocenters. The van der Waals surface area contributed by atoms with Crippen LogP contribution in [0.1, 0.15) is 44.1 Å². The Morgan fingerprint density at radius 2 is 1.95 bits per heavy atom. The monoisotopic (exact) mass is 323 g/mol. The molecule has 1 heterocycles. The van der Waals surface area contributed by atoms with Crippen LogP contribution in [-0.2, 0) is 6.54 Å². The lowest BCUT2D eigenvalue weighted by molar-refractivity contribution is 0.0547. The van der Waals surface area contributed by atoms with Crippen LogP contribution in [0.5, 0.6) is 5.75 Å². The first-order valence-electron chi connectivity index (χ1n) is 7.45. The first-order chi connectivity index (χ1) is 9.24. The van der Waals surface area contributed by atoms with Gasteiger partial charge in [0, 0.05) is 12.6 Å². The van der Waals surface area contributed by atoms with Crippen LogP contribution in [0.2, 0.25) is 0 Å². The van der Waals surface area contributed by atoms with Gasteiger partial charge in [0.15, 0.2) is 0 Å². The van der Waals surface area contributed by atoms with Gasteiger partial charge in [0.25, 0.3) is 0 Å². The Morgan fingerprint density at radius 3 is 2.79 bits per heavy atom. The average molecular weight is 324 g/mol. The molecule has 0 spiro atoms. The van der Waals surface area contributed by atoms with Crippen LogP contribution >= 0.6 is 15.9 Å². The van der Waals surface area contributed by atoms with Crippen molar-refractivity contribution < 1.29 is 5.11 Å². The second-order valence-corrected chi connectivity index (χ2v) is 6.86. The van der Waals surface area contributed by atoms with Gasteiger partial charge in [-0.25, -0.2) is 0 Å². The van der Waals surface area contributed by atoms with Crippen molar-refractivity contribution in [2.24, 2.45) is 5.92 Å². The number of phenols is 1. The van der Waals surface area contributed by atoms with Gasteiger partial charge < -0.3 is 5.11 Å². The molecule has 3 rings (SSSR count). The fourth-order valence-corrected chi connectivity index (χ4v) is 4.23. The molecule has 2 fully saturated rings. The largest absolute Gasteiger partial charge is 0.507 e. The predicted octanol–water partition coefficient (Wildman–Crippen LogP) is 4.31. The number of piperidine rings is 1. The van der Waals surface area contributed by atoms with Gasteiger partial charge in [-0.05, 0) is 71.8 Å². The summed E-state index contributed by atoms with van der Waals surface area (Å²) in [6.07, 6.45) is 8.42. The molecular weight excluding hydrogens is 302 g/mol. The first kappa shape index (κ1) is 13.4. The van der Waals surface area contributed by atoms with Crippen LogP contribution < -0.4 is 0 Å². The zero-order valence-electron chi connectivity index (χ0n) is 11.3. The summed E-state index contributed by atoms with van der Waals surface area (Å²) in [4.78, 5) is 2.67. The molecule has 2 atom stereocenters. The van der Waals surface area contributed by atoms with Crippen LogP contribution in [0.15, 0.2) is 22.7 Å². The van der Waals surface area contributed by atoms with Crippen LogP contribution in [0.4, 0.5) is 0 Å². The molecule has 1 saturated carbocycles. The highest BCUT2D eigenvalue weighted by Gasteiger charge is 2.32. The fourth-order valence-electron chi connectivity index (χ4n) is 3.81. The Hall–Kier alpha value is -0.540. The molecule has 0 aromatic heterocycles. The number of benzene rings is 1. The number of aromatic hydroxyl groups is 1. The van der Waals surface area contributed by atoms with Crippen LogP contribution in [-0.4, -0.2) is 22.6 Å². The second kappa shape index (κ2) is 5.84. The van der Waals surface area contributed by atoms with Gasteiger partial charge in [0.05, 0.1) is 4.47 Å². The quantitative estimate of drug-likeness (QED) is 0.876. The molecule has 3 heteroatoms. The van der Waals surface area contributed by atoms with Gasteiger partial charge in [-0.2, -0.15) is 0 Å². The van der Waals surface area contributed by atoms with Gasteiger partial charge in [-0.3, -0.25) is 4.90 Å². The van der Waals surface area contributed by atoms with E-state index in [9.17, 15) is 5.11 Å². The number of hydrogen-bond acceptors (Lipinski definition) is 2. The summed E-state index contributed by atoms with van der Waals surface area (Å²) in [5.74, 6) is 1.26. The number of likely N-dealkylation sites (tertiary alicyclic amines) is 1. The summed E-state index contributed by atoms with van der Waals surface area (Å²) in [6.45, 7) is 2.26. The zero-order chi connectivity index (χ0) is 13.2. The topological polar surface area (TPSA) is 23.5 Å². The van der Waals surface area contributed by atoms with E-state index in [0.717, 1.165) is 23.0 Å². The smallest absolute Gasteiger partial charge is 0.129 e. The molecule has 0 bridgehead atoms. The molecule has 1 aromatic rings. The van der Waals surface area contributed by atoms with Crippen molar-refractivity contribution in [3.05, 3.63) is 28.2 Å². The molecule has 0 amide bonds. The van der Waals surface area contributed by atoms with E-state index in [2.05, 4.69) is 26.9 Å². The molecule has 1 N–H and O–H groups in total. The van der Waals surface area contributed by atoms with Gasteiger partial charge in [0.1, 0.15) is 5.75 Å². The summed E-state index contributed by atoms with van der Waals surface area (Å²) >= 11 is 3.41. The van der Waals surface area contributed by atoms with Crippen LogP contribution in [0.3, 0.4) is 0 Å². The summed E-state index contributed by atoms with van der Waals surface area (Å²) in [5, 5.41) is 9.58. The van der Waals surface area contributed by atoms with E-state index in [1.54, 1.807) is 6.07 Å². The Balaban J connectivity index is 1.72. The van der Waals surface area contributed by atoms with E-state index in [0.29, 0.717) is 5.75 Å². The van der Waals surface area contributed by atoms with E-state index >= 15 is 0 Å². The Kier molecular flexibility index (Phi) is 4.13. The third-order valence-electron chi connectivity index (χ3n) is 4.76. The predicted molar refractivity (Wildman–Crippen MR) is 81.2 cm³/mol. The lowest BCUT2D eigenvalue weighted by Crippen LogP contribution is -2.46. The van der Waals surface area contributed by atoms with Crippen molar-refractivity contribution in [2.45, 2.75) is 51.1 Å². The van der Waals surface area contributed by atoms with E-state index < -0.39 is 0 Å². The normalized spacial score (nSPS) is 28.1. The van der Waals surface area contributed by atoms with E-state index in [4.69, 9.17) is 0 Å². The second-order valence-electron chi connectivity index (χ2n) is 6.01. The first-order valence-corrected chi connectivity index (χ1v) is 8.25. The van der Waals surface area contributed by atoms with Crippen molar-refractivity contribution in [1.82, 2.24) is 4.90 Å². The van der Waals surface area contributed by atoms with Gasteiger partial charge in [-0.15, -0.1) is 0 Å². The maximum atomic E-state index is 9.58. The van der Waals surface area contributed by atoms with Crippen LogP contribution in [0.25, 0.3) is 0 Å². The van der Waals surface area contributed by atoms with Crippen molar-refractivity contribution in [2.75, 3.05) is 6.54 Å². The summed E-state index contributed by atoms with van der Waals surface area (Å²) in [5.41, 5.74) is 1.30. The molecule has 1 aliphatic carbocycles. The number of hydrogen-bond donors (Lipinski definition) is 1. The van der Waals surface area contributed by atoms with E-state index in [1.165, 1.54) is 50.6 Å². The Labute approximate surface area is 123 Å². The minimum atomic E-state index is 0.331. The highest BCUT2D eigenvalue weighted by atomic mass is 79.9. The van der Waals surface area contributed by atoms with Crippen molar-refractivity contribution in [3.8, 4) is 5.75 Å². The van der Waals surface area contributed by atoms with E-state index in [-0.39, 0.29) is 0 Å². The lowest BCUT2D eigenvalue weighted by atomic mass is 9.78. The number of phenolic OH excluding ortho intramolecular Hbond substituents is 1. The van der Waals surface area contributed by atoms with E-state index in [1.807, 2.05) is 6.07 Å². The summed E-state index contributed by atoms with van der Waals surface area (Å²) < 4.78 is 0.808. The molecule has 1 aliphatic heterocycles. The maximum absolute atomic E-state index is 9.58. The fraction of sp³-hybridized carbons (Fsp3) is 0.625. The standard InChI is InChI=1S/C16H22BrNO/c17-14-10-12(7-8-16(14)19)11-18-9-3-5-13-4-1-2-6-15(13)18/h7-8,10,13,15,19H,1-6,9,11H2/t13-,15-/m1/s1. The minimum absolute atomic E-state index is 0.331. The molecule has 104 valence electrons. The average Bonchev–Trinajstić information content (AvgIpc) is 2.43. The number of nitrogens with zero attached hydrogens (tertiary/aromatic N) is 1. The van der Waals surface area contributed by atoms with Crippen LogP contribution in [0, 0.1) is 5.92 Å². The summed E-state index contributed by atoms with van der Waals surface area (Å²) in [6, 6.07) is 6.70. The molecule has 1 aromatic carbocycles. The lowest BCUT2D eigenvalue weighted by Gasteiger charge is -2.44. The highest BCUT2D eigenvalue weighted by molar-refractivity contribution is 9.10. The third-order valence-corrected chi connectivity index (χ3v) is 5.39. The Morgan fingerprint density at radius 1 is 1.16 bits per heavy atom. The molecule has 19 heavy (non-hydrogen) atoms. The van der Waals surface area contributed by atoms with Gasteiger partial charge >= 0.3 is 0 Å². The molecule has 2 nitrogen and oxygen atoms in total. The van der Waals surface area contributed by atoms with Crippen molar-refractivity contribution in [3.63, 3.8) is 0 Å². The molecular formula is C16H22BrNO. The Bertz CT molecular complexity index is 446. The van der Waals surface area contributed by atoms with Crippen molar-refractivity contribution >= 4 is 15.9 Å². The number of fused-ring (bicyclic) bond motifs is 1.